The number of aliphatic hydroxyl groups is 2. The summed E-state index contributed by atoms with van der Waals surface area (Å²) in [7, 11) is 5.76. The molecule has 8 heteroatoms. The fraction of sp³-hybridized carbons (Fsp3) is 0.432. The minimum atomic E-state index is -1.16. The monoisotopic (exact) mass is 609 g/mol. The molecule has 6 rings (SSSR count). The number of primary amides is 1. The predicted octanol–water partition coefficient (Wildman–Crippen LogP) is 5.44. The van der Waals surface area contributed by atoms with Gasteiger partial charge in [-0.2, -0.15) is 0 Å². The Labute approximate surface area is 264 Å². The Bertz CT molecular complexity index is 1760. The van der Waals surface area contributed by atoms with E-state index < -0.39 is 23.1 Å². The van der Waals surface area contributed by atoms with Gasteiger partial charge in [-0.25, -0.2) is 0 Å². The lowest BCUT2D eigenvalue weighted by Crippen LogP contribution is -2.58. The quantitative estimate of drug-likeness (QED) is 0.294. The topological polar surface area (TPSA) is 127 Å². The van der Waals surface area contributed by atoms with Gasteiger partial charge in [-0.05, 0) is 106 Å². The molecule has 236 valence electrons. The van der Waals surface area contributed by atoms with Crippen LogP contribution in [0.3, 0.4) is 0 Å². The molecule has 45 heavy (non-hydrogen) atoms. The van der Waals surface area contributed by atoms with Gasteiger partial charge in [0, 0.05) is 23.6 Å². The van der Waals surface area contributed by atoms with Crippen molar-refractivity contribution in [1.29, 1.82) is 0 Å². The first-order valence-corrected chi connectivity index (χ1v) is 15.8. The number of hydrogen-bond donors (Lipinski definition) is 4. The Balaban J connectivity index is 1.44. The van der Waals surface area contributed by atoms with Crippen LogP contribution in [0.15, 0.2) is 75.9 Å². The van der Waals surface area contributed by atoms with E-state index in [0.29, 0.717) is 29.9 Å². The van der Waals surface area contributed by atoms with Crippen molar-refractivity contribution in [2.45, 2.75) is 52.6 Å². The molecule has 1 spiro atoms. The van der Waals surface area contributed by atoms with Crippen LogP contribution < -0.4 is 5.73 Å². The third kappa shape index (κ3) is 4.58. The number of phenolic OH excluding ortho intramolecular Hbond substituents is 1. The fourth-order valence-electron chi connectivity index (χ4n) is 8.33. The molecular weight excluding hydrogens is 566 g/mol. The summed E-state index contributed by atoms with van der Waals surface area (Å²) < 4.78 is 0. The van der Waals surface area contributed by atoms with E-state index in [4.69, 9.17) is 5.73 Å². The molecule has 0 aliphatic heterocycles. The number of hydrogen-bond acceptors (Lipinski definition) is 7. The number of fused-ring (bicyclic) bond motifs is 2. The molecular formula is C37H43N3O5. The normalized spacial score (nSPS) is 25.4. The number of ketones is 1. The van der Waals surface area contributed by atoms with Crippen LogP contribution in [0, 0.1) is 23.2 Å². The van der Waals surface area contributed by atoms with Crippen LogP contribution in [-0.4, -0.2) is 70.5 Å². The number of carbonyl (C=O) groups excluding carboxylic acids is 2. The second kappa shape index (κ2) is 11.1. The lowest BCUT2D eigenvalue weighted by molar-refractivity contribution is -0.115. The summed E-state index contributed by atoms with van der Waals surface area (Å²) in [5, 5.41) is 34.5. The molecule has 4 aliphatic carbocycles. The molecule has 0 fully saturated rings. The lowest BCUT2D eigenvalue weighted by atomic mass is 9.47. The number of Topliss-reactive ketones (excluding diaryl/α,β-unsaturated/α-hetero) is 1. The Morgan fingerprint density at radius 2 is 1.87 bits per heavy atom. The minimum absolute atomic E-state index is 0.0512. The molecule has 4 aliphatic rings. The number of nitrogens with zero attached hydrogens (tertiary/aromatic N) is 2. The van der Waals surface area contributed by atoms with Gasteiger partial charge in [0.15, 0.2) is 5.78 Å². The van der Waals surface area contributed by atoms with E-state index in [-0.39, 0.29) is 45.8 Å². The van der Waals surface area contributed by atoms with E-state index in [0.717, 1.165) is 41.8 Å². The summed E-state index contributed by atoms with van der Waals surface area (Å²) in [5.74, 6) is -1.67. The molecule has 0 heterocycles. The smallest absolute Gasteiger partial charge is 0.253 e. The maximum atomic E-state index is 14.4. The number of nitrogens with two attached hydrogens (primary N) is 1. The van der Waals surface area contributed by atoms with Crippen LogP contribution in [0.5, 0.6) is 5.75 Å². The second-order valence-corrected chi connectivity index (χ2v) is 13.9. The van der Waals surface area contributed by atoms with Crippen molar-refractivity contribution in [3.63, 3.8) is 0 Å². The van der Waals surface area contributed by atoms with Gasteiger partial charge in [0.25, 0.3) is 5.91 Å². The third-order valence-electron chi connectivity index (χ3n) is 10.4. The number of amides is 1. The van der Waals surface area contributed by atoms with Gasteiger partial charge < -0.3 is 26.0 Å². The van der Waals surface area contributed by atoms with Gasteiger partial charge in [-0.3, -0.25) is 14.5 Å². The average molecular weight is 610 g/mol. The molecule has 0 saturated carbocycles. The van der Waals surface area contributed by atoms with Crippen molar-refractivity contribution >= 4 is 11.7 Å². The predicted molar refractivity (Wildman–Crippen MR) is 174 cm³/mol. The largest absolute Gasteiger partial charge is 0.511 e. The maximum Gasteiger partial charge on any atom is 0.253 e. The van der Waals surface area contributed by atoms with Crippen molar-refractivity contribution in [1.82, 2.24) is 9.80 Å². The summed E-state index contributed by atoms with van der Waals surface area (Å²) >= 11 is 0. The second-order valence-electron chi connectivity index (χ2n) is 13.9. The Morgan fingerprint density at radius 1 is 1.13 bits per heavy atom. The first-order chi connectivity index (χ1) is 21.3. The molecule has 5 N–H and O–H groups in total. The van der Waals surface area contributed by atoms with Crippen LogP contribution in [-0.2, 0) is 17.8 Å². The van der Waals surface area contributed by atoms with E-state index in [1.54, 1.807) is 6.07 Å². The standard InChI is InChI=1S/C37H43N3O5/c1-19(2)12-13-40(6)18-21-8-7-9-22(15-21)24-10-11-28(41)30-25(24)16-23-17-27-32(39(4)5)34(43)31(36(38)45)26-14-20(3)37(26,27)35(44)29(23)33(30)42/h7-11,15,19,23,27,32,41,43-44H,12-13,16-18H2,1-6H3,(H2,38,45)/t23-,27-,32-,37+/m0/s1. The van der Waals surface area contributed by atoms with E-state index in [2.05, 4.69) is 43.7 Å². The van der Waals surface area contributed by atoms with Crippen molar-refractivity contribution < 1.29 is 24.9 Å². The number of allylic oxidation sites excluding steroid dienone is 2. The van der Waals surface area contributed by atoms with E-state index in [9.17, 15) is 24.9 Å². The van der Waals surface area contributed by atoms with Crippen molar-refractivity contribution in [3.05, 3.63) is 92.6 Å². The summed E-state index contributed by atoms with van der Waals surface area (Å²) in [5.41, 5.74) is 12.9. The zero-order chi connectivity index (χ0) is 32.5. The Hall–Kier alpha value is -4.10. The summed E-state index contributed by atoms with van der Waals surface area (Å²) in [6.45, 7) is 8.07. The maximum absolute atomic E-state index is 14.4. The van der Waals surface area contributed by atoms with Gasteiger partial charge in [0.05, 0.1) is 22.6 Å². The van der Waals surface area contributed by atoms with E-state index >= 15 is 0 Å². The average Bonchev–Trinajstić information content (AvgIpc) is 2.95. The number of likely N-dealkylation sites (N-methyl/N-ethyl adjacent to an activating group) is 1. The summed E-state index contributed by atoms with van der Waals surface area (Å²) in [4.78, 5) is 31.1. The number of aliphatic hydroxyl groups excluding tert-OH is 2. The molecule has 0 radical (unpaired) electrons. The number of aromatic hydroxyl groups is 1. The molecule has 0 saturated heterocycles. The third-order valence-corrected chi connectivity index (χ3v) is 10.4. The van der Waals surface area contributed by atoms with Crippen LogP contribution >= 0.6 is 0 Å². The van der Waals surface area contributed by atoms with Gasteiger partial charge >= 0.3 is 0 Å². The highest BCUT2D eigenvalue weighted by atomic mass is 16.3. The van der Waals surface area contributed by atoms with Crippen molar-refractivity contribution in [2.75, 3.05) is 27.7 Å². The molecule has 8 nitrogen and oxygen atoms in total. The van der Waals surface area contributed by atoms with E-state index in [1.165, 1.54) is 0 Å². The van der Waals surface area contributed by atoms with E-state index in [1.807, 2.05) is 44.1 Å². The van der Waals surface area contributed by atoms with Crippen LogP contribution in [0.1, 0.15) is 55.1 Å². The highest BCUT2D eigenvalue weighted by molar-refractivity contribution is 6.14. The first kappa shape index (κ1) is 30.9. The number of rotatable bonds is 8. The van der Waals surface area contributed by atoms with Crippen LogP contribution in [0.25, 0.3) is 11.1 Å². The van der Waals surface area contributed by atoms with Crippen LogP contribution in [0.2, 0.25) is 0 Å². The fourth-order valence-corrected chi connectivity index (χ4v) is 8.33. The zero-order valence-corrected chi connectivity index (χ0v) is 26.9. The summed E-state index contributed by atoms with van der Waals surface area (Å²) in [6.07, 6.45) is 2.03. The van der Waals surface area contributed by atoms with Gasteiger partial charge in [-0.1, -0.05) is 38.1 Å². The Morgan fingerprint density at radius 3 is 2.51 bits per heavy atom. The van der Waals surface area contributed by atoms with Gasteiger partial charge in [-0.15, -0.1) is 5.73 Å². The highest BCUT2D eigenvalue weighted by Gasteiger charge is 2.64. The van der Waals surface area contributed by atoms with Crippen LogP contribution in [0.4, 0.5) is 0 Å². The SMILES string of the molecule is CC1=C=C2C(C(N)=O)=C(O)[C@@H](N(C)C)[C@@H]3C[C@@H]4Cc5c(-c6cccc(CN(C)CCC(C)C)c6)ccc(O)c5C(=O)C4=C(O)[C@]123. The number of benzene rings is 2. The molecule has 1 amide bonds. The molecule has 0 unspecified atom stereocenters. The summed E-state index contributed by atoms with van der Waals surface area (Å²) in [6, 6.07) is 11.1. The highest BCUT2D eigenvalue weighted by Crippen LogP contribution is 2.65. The first-order valence-electron chi connectivity index (χ1n) is 15.8. The number of carbonyl (C=O) groups is 2. The zero-order valence-electron chi connectivity index (χ0n) is 26.9. The number of phenols is 1. The molecule has 2 aromatic carbocycles. The van der Waals surface area contributed by atoms with Crippen molar-refractivity contribution in [2.24, 2.45) is 28.9 Å². The van der Waals surface area contributed by atoms with Crippen molar-refractivity contribution in [3.8, 4) is 16.9 Å². The molecule has 4 atom stereocenters. The molecule has 2 aromatic rings. The lowest BCUT2D eigenvalue weighted by Gasteiger charge is -2.57. The van der Waals surface area contributed by atoms with Gasteiger partial charge in [0.2, 0.25) is 0 Å². The Kier molecular flexibility index (Phi) is 7.59. The molecule has 0 aromatic heterocycles. The molecule has 0 bridgehead atoms. The minimum Gasteiger partial charge on any atom is -0.511 e. The van der Waals surface area contributed by atoms with Gasteiger partial charge in [0.1, 0.15) is 17.3 Å².